The molecule has 0 spiro atoms. The molecule has 0 bridgehead atoms. The van der Waals surface area contributed by atoms with Gasteiger partial charge >= 0.3 is 0 Å². The summed E-state index contributed by atoms with van der Waals surface area (Å²) < 4.78 is 0. The molecule has 8 heteroatoms. The molecular weight excluding hydrogens is 366 g/mol. The standard InChI is InChI=1S/C18H13N5OS2/c1-12-10-26-18(21-12)23(13-6-3-2-4-7-13)17(24)14-11-25-16(22-14)15-19-8-5-9-20-15/h2-11H,1H3. The lowest BCUT2D eigenvalue weighted by Crippen LogP contribution is -2.26. The highest BCUT2D eigenvalue weighted by atomic mass is 32.1. The zero-order valence-electron chi connectivity index (χ0n) is 13.7. The minimum absolute atomic E-state index is 0.232. The van der Waals surface area contributed by atoms with E-state index in [0.717, 1.165) is 11.4 Å². The topological polar surface area (TPSA) is 71.9 Å². The van der Waals surface area contributed by atoms with Gasteiger partial charge in [0.2, 0.25) is 0 Å². The van der Waals surface area contributed by atoms with Crippen LogP contribution in [-0.4, -0.2) is 25.8 Å². The van der Waals surface area contributed by atoms with Crippen LogP contribution in [0.1, 0.15) is 16.2 Å². The number of rotatable bonds is 4. The maximum Gasteiger partial charge on any atom is 0.284 e. The SMILES string of the molecule is Cc1csc(N(C(=O)c2csc(-c3ncccn3)n2)c2ccccc2)n1. The summed E-state index contributed by atoms with van der Waals surface area (Å²) in [6, 6.07) is 11.2. The van der Waals surface area contributed by atoms with Crippen LogP contribution in [0.5, 0.6) is 0 Å². The maximum absolute atomic E-state index is 13.2. The summed E-state index contributed by atoms with van der Waals surface area (Å²) in [5.41, 5.74) is 1.96. The number of benzene rings is 1. The number of carbonyl (C=O) groups is 1. The lowest BCUT2D eigenvalue weighted by Gasteiger charge is -2.18. The van der Waals surface area contributed by atoms with Gasteiger partial charge in [0.1, 0.15) is 5.69 Å². The van der Waals surface area contributed by atoms with Crippen LogP contribution in [0.3, 0.4) is 0 Å². The number of aryl methyl sites for hydroxylation is 1. The van der Waals surface area contributed by atoms with Crippen LogP contribution < -0.4 is 4.90 Å². The highest BCUT2D eigenvalue weighted by Crippen LogP contribution is 2.31. The second-order valence-corrected chi connectivity index (χ2v) is 7.05. The summed E-state index contributed by atoms with van der Waals surface area (Å²) in [5, 5.41) is 4.87. The van der Waals surface area contributed by atoms with Crippen molar-refractivity contribution in [2.45, 2.75) is 6.92 Å². The highest BCUT2D eigenvalue weighted by Gasteiger charge is 2.25. The van der Waals surface area contributed by atoms with Crippen molar-refractivity contribution in [3.8, 4) is 10.8 Å². The van der Waals surface area contributed by atoms with Gasteiger partial charge in [-0.05, 0) is 25.1 Å². The van der Waals surface area contributed by atoms with Gasteiger partial charge in [-0.1, -0.05) is 18.2 Å². The Hall–Kier alpha value is -2.97. The molecule has 0 aliphatic heterocycles. The van der Waals surface area contributed by atoms with E-state index in [4.69, 9.17) is 0 Å². The minimum Gasteiger partial charge on any atom is -0.266 e. The Morgan fingerprint density at radius 3 is 2.42 bits per heavy atom. The smallest absolute Gasteiger partial charge is 0.266 e. The molecule has 1 amide bonds. The lowest BCUT2D eigenvalue weighted by atomic mass is 10.3. The van der Waals surface area contributed by atoms with Gasteiger partial charge in [0, 0.05) is 23.2 Å². The molecule has 0 saturated carbocycles. The number of nitrogens with zero attached hydrogens (tertiary/aromatic N) is 5. The molecule has 0 saturated heterocycles. The monoisotopic (exact) mass is 379 g/mol. The van der Waals surface area contributed by atoms with Crippen molar-refractivity contribution in [1.29, 1.82) is 0 Å². The molecule has 0 atom stereocenters. The van der Waals surface area contributed by atoms with E-state index >= 15 is 0 Å². The lowest BCUT2D eigenvalue weighted by molar-refractivity contribution is 0.0995. The zero-order valence-corrected chi connectivity index (χ0v) is 15.4. The number of hydrogen-bond acceptors (Lipinski definition) is 7. The van der Waals surface area contributed by atoms with Crippen LogP contribution in [0, 0.1) is 6.92 Å². The van der Waals surface area contributed by atoms with E-state index in [1.54, 1.807) is 28.7 Å². The van der Waals surface area contributed by atoms with Gasteiger partial charge < -0.3 is 0 Å². The van der Waals surface area contributed by atoms with Crippen LogP contribution in [-0.2, 0) is 0 Å². The molecule has 0 aliphatic carbocycles. The van der Waals surface area contributed by atoms with Gasteiger partial charge in [0.15, 0.2) is 16.0 Å². The van der Waals surface area contributed by atoms with Crippen molar-refractivity contribution >= 4 is 39.4 Å². The number of hydrogen-bond donors (Lipinski definition) is 0. The van der Waals surface area contributed by atoms with Crippen molar-refractivity contribution in [2.24, 2.45) is 0 Å². The molecule has 4 aromatic rings. The van der Waals surface area contributed by atoms with E-state index in [1.165, 1.54) is 22.7 Å². The molecule has 128 valence electrons. The molecule has 4 rings (SSSR count). The van der Waals surface area contributed by atoms with Crippen molar-refractivity contribution < 1.29 is 4.79 Å². The Morgan fingerprint density at radius 1 is 0.962 bits per heavy atom. The molecule has 1 aromatic carbocycles. The van der Waals surface area contributed by atoms with E-state index in [0.29, 0.717) is 21.7 Å². The zero-order chi connectivity index (χ0) is 17.9. The first kappa shape index (κ1) is 16.5. The fourth-order valence-corrected chi connectivity index (χ4v) is 3.89. The first-order chi connectivity index (χ1) is 12.7. The highest BCUT2D eigenvalue weighted by molar-refractivity contribution is 7.14. The van der Waals surface area contributed by atoms with Crippen LogP contribution in [0.25, 0.3) is 10.8 Å². The largest absolute Gasteiger partial charge is 0.284 e. The first-order valence-electron chi connectivity index (χ1n) is 7.77. The molecule has 0 aliphatic rings. The summed E-state index contributed by atoms with van der Waals surface area (Å²) >= 11 is 2.77. The summed E-state index contributed by atoms with van der Waals surface area (Å²) in [4.78, 5) is 32.1. The van der Waals surface area contributed by atoms with Crippen molar-refractivity contribution in [3.63, 3.8) is 0 Å². The normalized spacial score (nSPS) is 10.7. The van der Waals surface area contributed by atoms with E-state index < -0.39 is 0 Å². The predicted molar refractivity (Wildman–Crippen MR) is 103 cm³/mol. The molecule has 0 N–H and O–H groups in total. The summed E-state index contributed by atoms with van der Waals surface area (Å²) in [7, 11) is 0. The van der Waals surface area contributed by atoms with Crippen molar-refractivity contribution in [1.82, 2.24) is 19.9 Å². The van der Waals surface area contributed by atoms with Crippen molar-refractivity contribution in [3.05, 3.63) is 70.9 Å². The van der Waals surface area contributed by atoms with E-state index in [9.17, 15) is 4.79 Å². The third-order valence-electron chi connectivity index (χ3n) is 3.50. The van der Waals surface area contributed by atoms with Gasteiger partial charge in [-0.25, -0.2) is 19.9 Å². The van der Waals surface area contributed by atoms with E-state index in [2.05, 4.69) is 19.9 Å². The second-order valence-electron chi connectivity index (χ2n) is 5.36. The summed E-state index contributed by atoms with van der Waals surface area (Å²) in [6.45, 7) is 1.90. The molecule has 26 heavy (non-hydrogen) atoms. The Bertz CT molecular complexity index is 1030. The second kappa shape index (κ2) is 7.11. The number of anilines is 2. The van der Waals surface area contributed by atoms with Gasteiger partial charge in [-0.3, -0.25) is 9.69 Å². The Labute approximate surface area is 157 Å². The van der Waals surface area contributed by atoms with Crippen LogP contribution in [0.2, 0.25) is 0 Å². The quantitative estimate of drug-likeness (QED) is 0.527. The number of aromatic nitrogens is 4. The molecule has 3 heterocycles. The third-order valence-corrected chi connectivity index (χ3v) is 5.28. The predicted octanol–water partition coefficient (Wildman–Crippen LogP) is 4.34. The fourth-order valence-electron chi connectivity index (χ4n) is 2.33. The Kier molecular flexibility index (Phi) is 4.51. The molecule has 0 unspecified atom stereocenters. The fraction of sp³-hybridized carbons (Fsp3) is 0.0556. The Balaban J connectivity index is 1.73. The summed E-state index contributed by atoms with van der Waals surface area (Å²) in [5.74, 6) is 0.275. The van der Waals surface area contributed by atoms with E-state index in [1.807, 2.05) is 42.6 Å². The average Bonchev–Trinajstić information content (AvgIpc) is 3.33. The molecule has 6 nitrogen and oxygen atoms in total. The third kappa shape index (κ3) is 3.24. The van der Waals surface area contributed by atoms with Crippen LogP contribution >= 0.6 is 22.7 Å². The average molecular weight is 379 g/mol. The van der Waals surface area contributed by atoms with Crippen molar-refractivity contribution in [2.75, 3.05) is 4.90 Å². The van der Waals surface area contributed by atoms with E-state index in [-0.39, 0.29) is 5.91 Å². The molecular formula is C18H13N5OS2. The summed E-state index contributed by atoms with van der Waals surface area (Å²) in [6.07, 6.45) is 3.31. The molecule has 3 aromatic heterocycles. The van der Waals surface area contributed by atoms with Crippen LogP contribution in [0.15, 0.2) is 59.6 Å². The number of amides is 1. The van der Waals surface area contributed by atoms with Gasteiger partial charge in [0.05, 0.1) is 11.4 Å². The minimum atomic E-state index is -0.232. The maximum atomic E-state index is 13.2. The first-order valence-corrected chi connectivity index (χ1v) is 9.53. The molecule has 0 fully saturated rings. The van der Waals surface area contributed by atoms with Gasteiger partial charge in [-0.15, -0.1) is 22.7 Å². The number of carbonyl (C=O) groups excluding carboxylic acids is 1. The Morgan fingerprint density at radius 2 is 1.73 bits per heavy atom. The van der Waals surface area contributed by atoms with Crippen LogP contribution in [0.4, 0.5) is 10.8 Å². The van der Waals surface area contributed by atoms with Gasteiger partial charge in [-0.2, -0.15) is 0 Å². The number of thiazole rings is 2. The molecule has 0 radical (unpaired) electrons. The number of para-hydroxylation sites is 1. The van der Waals surface area contributed by atoms with Gasteiger partial charge in [0.25, 0.3) is 5.91 Å².